The molecule has 1 aliphatic heterocycles. The molecule has 3 heterocycles. The molecule has 22 heavy (non-hydrogen) atoms. The Kier molecular flexibility index (Phi) is 3.46. The molecule has 1 unspecified atom stereocenters. The Hall–Kier alpha value is -1.73. The highest BCUT2D eigenvalue weighted by atomic mass is 32.1. The maximum atomic E-state index is 11.5. The van der Waals surface area contributed by atoms with Gasteiger partial charge in [0.15, 0.2) is 0 Å². The quantitative estimate of drug-likeness (QED) is 0.857. The van der Waals surface area contributed by atoms with E-state index in [9.17, 15) is 4.79 Å². The van der Waals surface area contributed by atoms with Gasteiger partial charge in [-0.1, -0.05) is 0 Å². The summed E-state index contributed by atoms with van der Waals surface area (Å²) in [6.45, 7) is 2.15. The number of amides is 1. The summed E-state index contributed by atoms with van der Waals surface area (Å²) in [5, 5.41) is 4.37. The molecule has 0 saturated carbocycles. The van der Waals surface area contributed by atoms with Crippen LogP contribution in [0.4, 0.5) is 5.82 Å². The SMILES string of the molecule is NC(=O)C1CN(c2ncnc3sc4c(c23)CCCC4)CCN1. The molecule has 7 heteroatoms. The average molecular weight is 317 g/mol. The normalized spacial score (nSPS) is 21.8. The third-order valence-electron chi connectivity index (χ3n) is 4.55. The number of carbonyl (C=O) groups excluding carboxylic acids is 1. The van der Waals surface area contributed by atoms with Crippen LogP contribution in [0.2, 0.25) is 0 Å². The molecule has 1 aliphatic carbocycles. The lowest BCUT2D eigenvalue weighted by Crippen LogP contribution is -2.56. The van der Waals surface area contributed by atoms with Crippen molar-refractivity contribution in [2.75, 3.05) is 24.5 Å². The van der Waals surface area contributed by atoms with Crippen molar-refractivity contribution in [3.05, 3.63) is 16.8 Å². The summed E-state index contributed by atoms with van der Waals surface area (Å²) in [5.41, 5.74) is 6.88. The number of rotatable bonds is 2. The summed E-state index contributed by atoms with van der Waals surface area (Å²) in [5.74, 6) is 0.666. The van der Waals surface area contributed by atoms with Gasteiger partial charge in [-0.25, -0.2) is 9.97 Å². The zero-order chi connectivity index (χ0) is 15.1. The first-order chi connectivity index (χ1) is 10.7. The summed E-state index contributed by atoms with van der Waals surface area (Å²) in [7, 11) is 0. The van der Waals surface area contributed by atoms with Crippen LogP contribution in [0.1, 0.15) is 23.3 Å². The van der Waals surface area contributed by atoms with E-state index in [2.05, 4.69) is 20.2 Å². The molecule has 2 aromatic rings. The largest absolute Gasteiger partial charge is 0.368 e. The zero-order valence-electron chi connectivity index (χ0n) is 12.3. The summed E-state index contributed by atoms with van der Waals surface area (Å²) >= 11 is 1.80. The Morgan fingerprint density at radius 1 is 1.36 bits per heavy atom. The third kappa shape index (κ3) is 2.24. The Balaban J connectivity index is 1.78. The van der Waals surface area contributed by atoms with E-state index >= 15 is 0 Å². The van der Waals surface area contributed by atoms with Crippen molar-refractivity contribution in [2.24, 2.45) is 5.73 Å². The summed E-state index contributed by atoms with van der Waals surface area (Å²) in [6.07, 6.45) is 6.40. The summed E-state index contributed by atoms with van der Waals surface area (Å²) < 4.78 is 0. The van der Waals surface area contributed by atoms with Crippen LogP contribution in [-0.2, 0) is 17.6 Å². The molecule has 2 aliphatic rings. The van der Waals surface area contributed by atoms with Crippen molar-refractivity contribution in [2.45, 2.75) is 31.7 Å². The fourth-order valence-corrected chi connectivity index (χ4v) is 4.67. The molecule has 3 N–H and O–H groups in total. The van der Waals surface area contributed by atoms with Crippen LogP contribution in [0, 0.1) is 0 Å². The molecule has 0 bridgehead atoms. The second-order valence-electron chi connectivity index (χ2n) is 5.94. The van der Waals surface area contributed by atoms with Crippen LogP contribution >= 0.6 is 11.3 Å². The van der Waals surface area contributed by atoms with Crippen LogP contribution in [0.5, 0.6) is 0 Å². The van der Waals surface area contributed by atoms with Gasteiger partial charge in [0.2, 0.25) is 5.91 Å². The monoisotopic (exact) mass is 317 g/mol. The second kappa shape index (κ2) is 5.48. The first kappa shape index (κ1) is 13.9. The van der Waals surface area contributed by atoms with Crippen molar-refractivity contribution in [1.29, 1.82) is 0 Å². The van der Waals surface area contributed by atoms with E-state index in [1.807, 2.05) is 0 Å². The maximum Gasteiger partial charge on any atom is 0.236 e. The first-order valence-corrected chi connectivity index (χ1v) is 8.58. The number of carbonyl (C=O) groups is 1. The minimum absolute atomic E-state index is 0.303. The Bertz CT molecular complexity index is 728. The molecule has 0 radical (unpaired) electrons. The van der Waals surface area contributed by atoms with Gasteiger partial charge >= 0.3 is 0 Å². The Morgan fingerprint density at radius 3 is 3.09 bits per heavy atom. The molecule has 1 fully saturated rings. The van der Waals surface area contributed by atoms with Crippen LogP contribution in [-0.4, -0.2) is 41.6 Å². The van der Waals surface area contributed by atoms with Crippen molar-refractivity contribution in [3.8, 4) is 0 Å². The number of hydrogen-bond acceptors (Lipinski definition) is 6. The van der Waals surface area contributed by atoms with Gasteiger partial charge in [-0.2, -0.15) is 0 Å². The number of thiophene rings is 1. The smallest absolute Gasteiger partial charge is 0.236 e. The predicted molar refractivity (Wildman–Crippen MR) is 87.3 cm³/mol. The van der Waals surface area contributed by atoms with Gasteiger partial charge in [0.05, 0.1) is 5.39 Å². The van der Waals surface area contributed by atoms with E-state index < -0.39 is 0 Å². The minimum atomic E-state index is -0.312. The molecular weight excluding hydrogens is 298 g/mol. The number of hydrogen-bond donors (Lipinski definition) is 2. The lowest BCUT2D eigenvalue weighted by Gasteiger charge is -2.33. The highest BCUT2D eigenvalue weighted by molar-refractivity contribution is 7.19. The van der Waals surface area contributed by atoms with Gasteiger partial charge < -0.3 is 16.0 Å². The lowest BCUT2D eigenvalue weighted by atomic mass is 9.97. The average Bonchev–Trinajstić information content (AvgIpc) is 2.93. The Morgan fingerprint density at radius 2 is 2.23 bits per heavy atom. The number of aryl methyl sites for hydroxylation is 2. The molecular formula is C15H19N5OS. The van der Waals surface area contributed by atoms with E-state index in [1.54, 1.807) is 17.7 Å². The lowest BCUT2D eigenvalue weighted by molar-refractivity contribution is -0.120. The molecule has 0 spiro atoms. The van der Waals surface area contributed by atoms with E-state index in [0.717, 1.165) is 36.6 Å². The van der Waals surface area contributed by atoms with Crippen molar-refractivity contribution in [3.63, 3.8) is 0 Å². The van der Waals surface area contributed by atoms with Gasteiger partial charge in [0.1, 0.15) is 23.0 Å². The molecule has 0 aromatic carbocycles. The van der Waals surface area contributed by atoms with Crippen LogP contribution in [0.25, 0.3) is 10.2 Å². The van der Waals surface area contributed by atoms with Crippen LogP contribution in [0.3, 0.4) is 0 Å². The highest BCUT2D eigenvalue weighted by Crippen LogP contribution is 2.39. The van der Waals surface area contributed by atoms with Gasteiger partial charge in [-0.15, -0.1) is 11.3 Å². The standard InChI is InChI=1S/C15H19N5OS/c16-13(21)10-7-20(6-5-17-10)14-12-9-3-1-2-4-11(9)22-15(12)19-8-18-14/h8,10,17H,1-7H2,(H2,16,21). The zero-order valence-corrected chi connectivity index (χ0v) is 13.2. The molecule has 1 atom stereocenters. The fraction of sp³-hybridized carbons (Fsp3) is 0.533. The predicted octanol–water partition coefficient (Wildman–Crippen LogP) is 0.834. The van der Waals surface area contributed by atoms with E-state index in [-0.39, 0.29) is 11.9 Å². The van der Waals surface area contributed by atoms with E-state index in [4.69, 9.17) is 5.73 Å². The number of primary amides is 1. The number of aromatic nitrogens is 2. The number of piperazine rings is 1. The van der Waals surface area contributed by atoms with E-state index in [0.29, 0.717) is 6.54 Å². The number of anilines is 1. The van der Waals surface area contributed by atoms with Crippen molar-refractivity contribution < 1.29 is 4.79 Å². The van der Waals surface area contributed by atoms with Crippen molar-refractivity contribution >= 4 is 33.3 Å². The molecule has 4 rings (SSSR count). The van der Waals surface area contributed by atoms with E-state index in [1.165, 1.54) is 28.7 Å². The van der Waals surface area contributed by atoms with Gasteiger partial charge in [-0.05, 0) is 31.2 Å². The number of nitrogens with two attached hydrogens (primary N) is 1. The summed E-state index contributed by atoms with van der Waals surface area (Å²) in [4.78, 5) is 25.2. The first-order valence-electron chi connectivity index (χ1n) is 7.77. The maximum absolute atomic E-state index is 11.5. The molecule has 6 nitrogen and oxygen atoms in total. The topological polar surface area (TPSA) is 84.1 Å². The van der Waals surface area contributed by atoms with Gasteiger partial charge in [0.25, 0.3) is 0 Å². The van der Waals surface area contributed by atoms with Crippen LogP contribution in [0.15, 0.2) is 6.33 Å². The summed E-state index contributed by atoms with van der Waals surface area (Å²) in [6, 6.07) is -0.312. The highest BCUT2D eigenvalue weighted by Gasteiger charge is 2.27. The second-order valence-corrected chi connectivity index (χ2v) is 7.03. The number of nitrogens with zero attached hydrogens (tertiary/aromatic N) is 3. The van der Waals surface area contributed by atoms with Crippen LogP contribution < -0.4 is 16.0 Å². The fourth-order valence-electron chi connectivity index (χ4n) is 3.45. The molecule has 1 saturated heterocycles. The molecule has 116 valence electrons. The van der Waals surface area contributed by atoms with Gasteiger partial charge in [0, 0.05) is 24.5 Å². The van der Waals surface area contributed by atoms with Crippen molar-refractivity contribution in [1.82, 2.24) is 15.3 Å². The van der Waals surface area contributed by atoms with Gasteiger partial charge in [-0.3, -0.25) is 4.79 Å². The Labute approximate surface area is 132 Å². The molecule has 2 aromatic heterocycles. The minimum Gasteiger partial charge on any atom is -0.368 e. The third-order valence-corrected chi connectivity index (χ3v) is 5.75. The number of nitrogens with one attached hydrogen (secondary N) is 1. The number of fused-ring (bicyclic) bond motifs is 3. The molecule has 1 amide bonds.